The molecule has 7 aromatic rings. The summed E-state index contributed by atoms with van der Waals surface area (Å²) < 4.78 is 95.4. The van der Waals surface area contributed by atoms with E-state index in [9.17, 15) is 103 Å². The Morgan fingerprint density at radius 2 is 1.16 bits per heavy atom. The van der Waals surface area contributed by atoms with E-state index in [1.165, 1.54) is 95.4 Å². The summed E-state index contributed by atoms with van der Waals surface area (Å²) in [6, 6.07) is 14.6. The van der Waals surface area contributed by atoms with Gasteiger partial charge >= 0.3 is 28.3 Å². The number of carbonyl (C=O) groups is 8. The number of hydrogen-bond donors (Lipinski definition) is 13. The molecular formula is C79H92ClN9O33S. The molecular weight excluding hydrogens is 1670 g/mol. The fourth-order valence-corrected chi connectivity index (χ4v) is 15.4. The Kier molecular flexibility index (Phi) is 26.6. The SMILES string of the molecule is COc1ccc2c(OS(=O)(=O)Oc3cc(C(=O)N(C)CC(C)(C)COCC(C)(C)Cn4cc(C(C)(C)OCC(C)(C)CN5C(=O)C=CC5=O)nn4)ccc3O[C@@H]3O[C@H](C(=O)O)[C@@H](O)[C@H](O)[C@H]3O)cc3c(c2c1)[C@H](CCl)CN3C(=O)c1cn2cc(NC(=O)c3ccc(O[C@@H]4O[C@H](C(=O)O)[C@@H](O)[C@H](O)[C@H]4O)cc3O[C@@H]3O[C@H](C(=O)O)[C@@H](O)[C@H](O)[C@H]3O)ccc2n1. The molecule has 0 radical (unpaired) electrons. The van der Waals surface area contributed by atoms with E-state index >= 15 is 4.79 Å². The molecule has 5 amide bonds. The Morgan fingerprint density at radius 1 is 0.602 bits per heavy atom. The van der Waals surface area contributed by atoms with Gasteiger partial charge in [0.2, 0.25) is 18.9 Å². The molecule has 3 fully saturated rings. The number of carboxylic acids is 3. The molecule has 3 aromatic heterocycles. The van der Waals surface area contributed by atoms with Crippen LogP contribution in [-0.4, -0.2) is 303 Å². The van der Waals surface area contributed by atoms with E-state index in [1.54, 1.807) is 10.9 Å². The van der Waals surface area contributed by atoms with Crippen molar-refractivity contribution in [2.24, 2.45) is 16.2 Å². The average molecular weight is 1760 g/mol. The van der Waals surface area contributed by atoms with Crippen LogP contribution in [0.4, 0.5) is 11.4 Å². The van der Waals surface area contributed by atoms with E-state index in [4.69, 9.17) is 62.6 Å². The third-order valence-corrected chi connectivity index (χ3v) is 21.9. The molecule has 16 atom stereocenters. The van der Waals surface area contributed by atoms with E-state index in [0.29, 0.717) is 17.8 Å². The summed E-state index contributed by atoms with van der Waals surface area (Å²) in [5.41, 5.74) is -2.65. The lowest BCUT2D eigenvalue weighted by Gasteiger charge is -2.39. The van der Waals surface area contributed by atoms with Crippen molar-refractivity contribution in [2.75, 3.05) is 69.7 Å². The van der Waals surface area contributed by atoms with Gasteiger partial charge in [-0.25, -0.2) is 19.4 Å². The van der Waals surface area contributed by atoms with Crippen LogP contribution in [0.2, 0.25) is 0 Å². The minimum absolute atomic E-state index is 0.00956. The molecule has 0 saturated carbocycles. The molecule has 3 saturated heterocycles. The van der Waals surface area contributed by atoms with Crippen LogP contribution >= 0.6 is 11.6 Å². The molecule has 123 heavy (non-hydrogen) atoms. The molecule has 42 nitrogen and oxygen atoms in total. The van der Waals surface area contributed by atoms with E-state index in [-0.39, 0.29) is 90.1 Å². The highest BCUT2D eigenvalue weighted by Crippen LogP contribution is 2.48. The second-order valence-electron chi connectivity index (χ2n) is 33.0. The monoisotopic (exact) mass is 1760 g/mol. The smallest absolute Gasteiger partial charge is 0.497 e. The summed E-state index contributed by atoms with van der Waals surface area (Å²) in [6.45, 7) is 15.9. The number of imidazole rings is 1. The zero-order valence-electron chi connectivity index (χ0n) is 67.5. The lowest BCUT2D eigenvalue weighted by atomic mass is 9.92. The van der Waals surface area contributed by atoms with Crippen LogP contribution in [0.1, 0.15) is 104 Å². The maximum atomic E-state index is 15.1. The van der Waals surface area contributed by atoms with Gasteiger partial charge in [0, 0.05) is 109 Å². The third kappa shape index (κ3) is 20.0. The number of carbonyl (C=O) groups excluding carboxylic acids is 5. The number of amides is 5. The molecule has 4 aromatic carbocycles. The number of pyridine rings is 1. The molecule has 0 spiro atoms. The summed E-state index contributed by atoms with van der Waals surface area (Å²) in [7, 11) is -2.70. The summed E-state index contributed by atoms with van der Waals surface area (Å²) in [4.78, 5) is 113. The summed E-state index contributed by atoms with van der Waals surface area (Å²) in [5, 5.41) is 137. The zero-order valence-corrected chi connectivity index (χ0v) is 69.1. The van der Waals surface area contributed by atoms with Crippen LogP contribution in [0.25, 0.3) is 16.4 Å². The number of imide groups is 1. The maximum Gasteiger partial charge on any atom is 0.501 e. The van der Waals surface area contributed by atoms with Gasteiger partial charge in [-0.1, -0.05) is 46.8 Å². The van der Waals surface area contributed by atoms with Crippen molar-refractivity contribution in [1.29, 1.82) is 0 Å². The first-order chi connectivity index (χ1) is 57.7. The fourth-order valence-electron chi connectivity index (χ4n) is 14.4. The van der Waals surface area contributed by atoms with Gasteiger partial charge in [-0.15, -0.1) is 25.1 Å². The quantitative estimate of drug-likeness (QED) is 0.0201. The van der Waals surface area contributed by atoms with Crippen molar-refractivity contribution in [3.63, 3.8) is 0 Å². The molecule has 0 bridgehead atoms. The van der Waals surface area contributed by atoms with Crippen molar-refractivity contribution in [3.8, 4) is 34.5 Å². The number of anilines is 2. The van der Waals surface area contributed by atoms with Crippen LogP contribution in [0.5, 0.6) is 34.5 Å². The highest BCUT2D eigenvalue weighted by atomic mass is 35.5. The molecule has 5 aliphatic heterocycles. The first kappa shape index (κ1) is 91.4. The van der Waals surface area contributed by atoms with E-state index < -0.39 is 212 Å². The Balaban J connectivity index is 0.769. The minimum atomic E-state index is -5.54. The molecule has 13 N–H and O–H groups in total. The molecule has 44 heteroatoms. The van der Waals surface area contributed by atoms with E-state index in [2.05, 4.69) is 20.6 Å². The van der Waals surface area contributed by atoms with Crippen molar-refractivity contribution in [3.05, 3.63) is 132 Å². The second-order valence-corrected chi connectivity index (χ2v) is 34.5. The van der Waals surface area contributed by atoms with Crippen molar-refractivity contribution >= 4 is 97.2 Å². The Hall–Kier alpha value is -10.8. The normalized spacial score (nSPS) is 25.1. The lowest BCUT2D eigenvalue weighted by molar-refractivity contribution is -0.272. The number of aromatic nitrogens is 5. The number of aliphatic hydroxyl groups excluding tert-OH is 9. The number of aliphatic hydroxyl groups is 9. The van der Waals surface area contributed by atoms with Crippen LogP contribution < -0.4 is 37.5 Å². The van der Waals surface area contributed by atoms with Gasteiger partial charge in [0.25, 0.3) is 29.5 Å². The molecule has 0 unspecified atom stereocenters. The van der Waals surface area contributed by atoms with Gasteiger partial charge < -0.3 is 132 Å². The van der Waals surface area contributed by atoms with Crippen molar-refractivity contribution in [1.82, 2.24) is 34.2 Å². The molecule has 12 rings (SSSR count). The number of halogens is 1. The van der Waals surface area contributed by atoms with Gasteiger partial charge in [0.15, 0.2) is 35.6 Å². The lowest BCUT2D eigenvalue weighted by Crippen LogP contribution is -2.61. The highest BCUT2D eigenvalue weighted by molar-refractivity contribution is 7.82. The number of alkyl halides is 1. The number of methoxy groups -OCH3 is 1. The number of rotatable bonds is 33. The third-order valence-electron chi connectivity index (χ3n) is 20.8. The molecule has 664 valence electrons. The second kappa shape index (κ2) is 35.8. The molecule has 8 heterocycles. The summed E-state index contributed by atoms with van der Waals surface area (Å²) >= 11 is 6.68. The topological polar surface area (TPSA) is 585 Å². The Labute approximate surface area is 705 Å². The van der Waals surface area contributed by atoms with Crippen molar-refractivity contribution < 1.29 is 159 Å². The number of benzene rings is 4. The standard InChI is InChI=1S/C79H92ClN9O33S/c1-76(2,33-113-34-77(3,4)31-87-29-50(83-84-87)79(7,8)114-35-78(5,6)32-89-52(90)19-20-53(89)91)30-85(9)68(102)36-11-17-46(116-74-62(99)56(93)59(96)65(119-74)71(106)107)49(21-36)122-123(110,111)121-48-24-45-54(43-22-39(112-10)13-15-41(43)48)37(25-80)26-88(45)69(103)44-28-86-27-38(12-18-51(86)82-44)81-67(101)42-16-14-40(115-73-61(98)55(92)58(95)64(118-73)70(104)105)23-47(42)117-75-63(100)57(94)60(97)66(120-75)72(108)109/h11-24,27-29,37,55-66,73-75,92-100H,25-26,30-35H2,1-10H3,(H,81,101)(H,104,105)(H,106,107)(H,108,109)/t37-,55+,56+,57+,58+,59+,60+,61-,62-,63-,64+,65+,66+,73-,74-,75-/m1/s1. The van der Waals surface area contributed by atoms with Crippen LogP contribution in [0, 0.1) is 16.2 Å². The first-order valence-corrected chi connectivity index (χ1v) is 40.0. The Bertz CT molecular complexity index is 5350. The van der Waals surface area contributed by atoms with Gasteiger partial charge in [0.1, 0.15) is 94.8 Å². The molecule has 0 aliphatic carbocycles. The highest BCUT2D eigenvalue weighted by Gasteiger charge is 2.52. The zero-order chi connectivity index (χ0) is 89.8. The first-order valence-electron chi connectivity index (χ1n) is 38.1. The van der Waals surface area contributed by atoms with E-state index in [1.807, 2.05) is 55.4 Å². The van der Waals surface area contributed by atoms with Crippen LogP contribution in [0.15, 0.2) is 104 Å². The number of aliphatic carboxylic acids is 3. The number of carboxylic acid groups (broad SMARTS) is 3. The van der Waals surface area contributed by atoms with Gasteiger partial charge in [-0.2, -0.15) is 0 Å². The Morgan fingerprint density at radius 3 is 1.75 bits per heavy atom. The van der Waals surface area contributed by atoms with Gasteiger partial charge in [-0.3, -0.25) is 33.6 Å². The van der Waals surface area contributed by atoms with Gasteiger partial charge in [-0.05, 0) is 85.5 Å². The fraction of sp³-hybridized carbons (Fsp3) is 0.481. The maximum absolute atomic E-state index is 15.1. The number of ether oxygens (including phenoxy) is 9. The number of hydrogen-bond acceptors (Lipinski definition) is 33. The average Bonchev–Trinajstić information content (AvgIpc) is 1.60. The largest absolute Gasteiger partial charge is 0.501 e. The predicted molar refractivity (Wildman–Crippen MR) is 421 cm³/mol. The van der Waals surface area contributed by atoms with Crippen molar-refractivity contribution in [2.45, 2.75) is 166 Å². The van der Waals surface area contributed by atoms with Crippen LogP contribution in [0.3, 0.4) is 0 Å². The van der Waals surface area contributed by atoms with Crippen LogP contribution in [-0.2, 0) is 70.2 Å². The number of nitrogens with zero attached hydrogens (tertiary/aromatic N) is 8. The summed E-state index contributed by atoms with van der Waals surface area (Å²) in [6.07, 6.45) is -25.4. The number of fused-ring (bicyclic) bond motifs is 4. The predicted octanol–water partition coefficient (Wildman–Crippen LogP) is 0.882. The minimum Gasteiger partial charge on any atom is -0.497 e. The number of nitrogens with one attached hydrogen (secondary N) is 1. The molecule has 5 aliphatic rings. The summed E-state index contributed by atoms with van der Waals surface area (Å²) in [5.74, 6) is -12.1. The van der Waals surface area contributed by atoms with Gasteiger partial charge in [0.05, 0.1) is 50.1 Å². The van der Waals surface area contributed by atoms with E-state index in [0.717, 1.165) is 35.2 Å².